The van der Waals surface area contributed by atoms with Crippen LogP contribution in [0.2, 0.25) is 5.02 Å². The molecule has 180 valence electrons. The predicted octanol–water partition coefficient (Wildman–Crippen LogP) is 6.47. The summed E-state index contributed by atoms with van der Waals surface area (Å²) in [5.74, 6) is 0.200. The number of ether oxygens (including phenoxy) is 2. The molecule has 0 saturated heterocycles. The number of methoxy groups -OCH3 is 1. The Bertz CT molecular complexity index is 1160. The molecule has 0 radical (unpaired) electrons. The van der Waals surface area contributed by atoms with Gasteiger partial charge >= 0.3 is 6.09 Å². The minimum Gasteiger partial charge on any atom is -0.481 e. The number of rotatable bonds is 6. The molecule has 1 unspecified atom stereocenters. The van der Waals surface area contributed by atoms with E-state index in [0.29, 0.717) is 22.7 Å². The number of nitrogens with zero attached hydrogens (tertiary/aromatic N) is 3. The molecule has 1 N–H and O–H groups in total. The molecule has 0 bridgehead atoms. The van der Waals surface area contributed by atoms with Gasteiger partial charge in [0.25, 0.3) is 0 Å². The Hall–Kier alpha value is -3.26. The quantitative estimate of drug-likeness (QED) is 0.429. The molecule has 1 amide bonds. The van der Waals surface area contributed by atoms with E-state index >= 15 is 0 Å². The summed E-state index contributed by atoms with van der Waals surface area (Å²) >= 11 is 6.00. The van der Waals surface area contributed by atoms with Crippen LogP contribution < -0.4 is 10.1 Å². The lowest BCUT2D eigenvalue weighted by Crippen LogP contribution is -2.27. The van der Waals surface area contributed by atoms with Gasteiger partial charge in [0, 0.05) is 17.7 Å². The van der Waals surface area contributed by atoms with E-state index in [1.165, 1.54) is 19.4 Å². The van der Waals surface area contributed by atoms with Crippen molar-refractivity contribution in [1.29, 1.82) is 0 Å². The number of hydrogen-bond acceptors (Lipinski definition) is 6. The molecule has 2 aromatic heterocycles. The Morgan fingerprint density at radius 2 is 1.82 bits per heavy atom. The van der Waals surface area contributed by atoms with Crippen molar-refractivity contribution in [1.82, 2.24) is 15.0 Å². The van der Waals surface area contributed by atoms with Crippen LogP contribution in [0.1, 0.15) is 51.8 Å². The van der Waals surface area contributed by atoms with E-state index in [-0.39, 0.29) is 22.7 Å². The fraction of sp³-hybridized carbons (Fsp3) is 0.360. The van der Waals surface area contributed by atoms with Crippen LogP contribution >= 0.6 is 11.6 Å². The summed E-state index contributed by atoms with van der Waals surface area (Å²) in [6, 6.07) is 6.42. The van der Waals surface area contributed by atoms with Gasteiger partial charge in [0.2, 0.25) is 5.88 Å². The third-order valence-corrected chi connectivity index (χ3v) is 5.23. The molecule has 9 heteroatoms. The van der Waals surface area contributed by atoms with Crippen molar-refractivity contribution in [3.63, 3.8) is 0 Å². The molecular weight excluding hydrogens is 459 g/mol. The van der Waals surface area contributed by atoms with E-state index < -0.39 is 17.5 Å². The minimum atomic E-state index is -0.617. The number of hydrogen-bond donors (Lipinski definition) is 1. The topological polar surface area (TPSA) is 86.2 Å². The maximum atomic E-state index is 13.7. The zero-order chi connectivity index (χ0) is 25.0. The van der Waals surface area contributed by atoms with Crippen LogP contribution in [0.25, 0.3) is 11.1 Å². The van der Waals surface area contributed by atoms with Crippen LogP contribution in [0.4, 0.5) is 15.0 Å². The van der Waals surface area contributed by atoms with Crippen molar-refractivity contribution in [3.8, 4) is 17.0 Å². The van der Waals surface area contributed by atoms with Crippen molar-refractivity contribution in [2.24, 2.45) is 5.92 Å². The summed E-state index contributed by atoms with van der Waals surface area (Å²) in [5, 5.41) is 2.60. The number of halogens is 2. The Balaban J connectivity index is 1.93. The number of pyridine rings is 1. The van der Waals surface area contributed by atoms with Gasteiger partial charge in [-0.15, -0.1) is 0 Å². The summed E-state index contributed by atoms with van der Waals surface area (Å²) in [7, 11) is 1.53. The number of carbonyl (C=O) groups is 1. The third-order valence-electron chi connectivity index (χ3n) is 4.94. The Labute approximate surface area is 203 Å². The normalized spacial score (nSPS) is 12.4. The average molecular weight is 487 g/mol. The maximum Gasteiger partial charge on any atom is 0.413 e. The molecule has 34 heavy (non-hydrogen) atoms. The van der Waals surface area contributed by atoms with Gasteiger partial charge in [0.1, 0.15) is 11.4 Å². The highest BCUT2D eigenvalue weighted by Gasteiger charge is 2.23. The van der Waals surface area contributed by atoms with Gasteiger partial charge in [-0.1, -0.05) is 31.5 Å². The highest BCUT2D eigenvalue weighted by Crippen LogP contribution is 2.37. The van der Waals surface area contributed by atoms with Crippen LogP contribution in [0, 0.1) is 11.7 Å². The SMILES string of the molecule is COc1ncc(C(c2cnc(NC(=O)OC(C)(C)C)cn2)C(C)C)cc1-c1ccc(F)c(Cl)c1. The van der Waals surface area contributed by atoms with Crippen molar-refractivity contribution >= 4 is 23.5 Å². The molecule has 0 fully saturated rings. The highest BCUT2D eigenvalue weighted by molar-refractivity contribution is 6.31. The zero-order valence-electron chi connectivity index (χ0n) is 20.0. The molecule has 1 atom stereocenters. The number of carbonyl (C=O) groups excluding carboxylic acids is 1. The lowest BCUT2D eigenvalue weighted by molar-refractivity contribution is 0.0635. The fourth-order valence-electron chi connectivity index (χ4n) is 3.54. The zero-order valence-corrected chi connectivity index (χ0v) is 20.8. The fourth-order valence-corrected chi connectivity index (χ4v) is 3.72. The van der Waals surface area contributed by atoms with Crippen molar-refractivity contribution < 1.29 is 18.7 Å². The van der Waals surface area contributed by atoms with E-state index in [1.807, 2.05) is 6.07 Å². The number of benzene rings is 1. The van der Waals surface area contributed by atoms with Gasteiger partial charge in [-0.05, 0) is 56.0 Å². The van der Waals surface area contributed by atoms with Crippen LogP contribution in [0.3, 0.4) is 0 Å². The first kappa shape index (κ1) is 25.4. The third kappa shape index (κ3) is 6.20. The lowest BCUT2D eigenvalue weighted by atomic mass is 9.85. The second kappa shape index (κ2) is 10.3. The first-order valence-corrected chi connectivity index (χ1v) is 11.2. The second-order valence-corrected chi connectivity index (χ2v) is 9.54. The predicted molar refractivity (Wildman–Crippen MR) is 130 cm³/mol. The van der Waals surface area contributed by atoms with Crippen LogP contribution in [0.15, 0.2) is 42.9 Å². The lowest BCUT2D eigenvalue weighted by Gasteiger charge is -2.22. The summed E-state index contributed by atoms with van der Waals surface area (Å²) < 4.78 is 24.4. The van der Waals surface area contributed by atoms with Gasteiger partial charge in [0.15, 0.2) is 5.82 Å². The van der Waals surface area contributed by atoms with E-state index in [4.69, 9.17) is 21.1 Å². The van der Waals surface area contributed by atoms with E-state index in [0.717, 1.165) is 5.56 Å². The number of nitrogens with one attached hydrogen (secondary N) is 1. The Morgan fingerprint density at radius 1 is 1.09 bits per heavy atom. The molecule has 0 aliphatic carbocycles. The molecule has 2 heterocycles. The van der Waals surface area contributed by atoms with Crippen molar-refractivity contribution in [2.75, 3.05) is 12.4 Å². The summed E-state index contributed by atoms with van der Waals surface area (Å²) in [6.45, 7) is 9.48. The molecule has 0 saturated carbocycles. The largest absolute Gasteiger partial charge is 0.481 e. The van der Waals surface area contributed by atoms with Crippen LogP contribution in [-0.4, -0.2) is 33.8 Å². The molecule has 0 aliphatic heterocycles. The maximum absolute atomic E-state index is 13.7. The second-order valence-electron chi connectivity index (χ2n) is 9.13. The Morgan fingerprint density at radius 3 is 2.38 bits per heavy atom. The van der Waals surface area contributed by atoms with Gasteiger partial charge in [0.05, 0.1) is 30.2 Å². The first-order valence-electron chi connectivity index (χ1n) is 10.8. The molecule has 3 aromatic rings. The van der Waals surface area contributed by atoms with Crippen LogP contribution in [0.5, 0.6) is 5.88 Å². The summed E-state index contributed by atoms with van der Waals surface area (Å²) in [6.07, 6.45) is 4.24. The highest BCUT2D eigenvalue weighted by atomic mass is 35.5. The van der Waals surface area contributed by atoms with Crippen LogP contribution in [-0.2, 0) is 4.74 Å². The summed E-state index contributed by atoms with van der Waals surface area (Å²) in [4.78, 5) is 25.3. The molecule has 3 rings (SSSR count). The van der Waals surface area contributed by atoms with Gasteiger partial charge < -0.3 is 9.47 Å². The average Bonchev–Trinajstić information content (AvgIpc) is 2.75. The monoisotopic (exact) mass is 486 g/mol. The van der Waals surface area contributed by atoms with Gasteiger partial charge in [-0.25, -0.2) is 19.2 Å². The minimum absolute atomic E-state index is 0.0179. The molecule has 7 nitrogen and oxygen atoms in total. The van der Waals surface area contributed by atoms with Gasteiger partial charge in [-0.2, -0.15) is 0 Å². The molecule has 1 aromatic carbocycles. The van der Waals surface area contributed by atoms with Gasteiger partial charge in [-0.3, -0.25) is 10.3 Å². The molecular formula is C25H28ClFN4O3. The number of anilines is 1. The van der Waals surface area contributed by atoms with E-state index in [2.05, 4.69) is 34.1 Å². The van der Waals surface area contributed by atoms with E-state index in [9.17, 15) is 9.18 Å². The smallest absolute Gasteiger partial charge is 0.413 e. The summed E-state index contributed by atoms with van der Waals surface area (Å²) in [5.41, 5.74) is 2.34. The first-order chi connectivity index (χ1) is 16.0. The van der Waals surface area contributed by atoms with Crippen molar-refractivity contribution in [2.45, 2.75) is 46.1 Å². The molecule has 0 aliphatic rings. The van der Waals surface area contributed by atoms with Crippen molar-refractivity contribution in [3.05, 3.63) is 65.0 Å². The number of aromatic nitrogens is 3. The standard InChI is InChI=1S/C25H28ClFN4O3/c1-14(2)22(20-12-29-21(13-28-20)31-24(32)34-25(3,4)5)16-9-17(23(33-6)30-11-16)15-7-8-19(27)18(26)10-15/h7-14,22H,1-6H3,(H,29,31,32). The molecule has 0 spiro atoms. The Kier molecular flexibility index (Phi) is 7.71. The number of amides is 1. The van der Waals surface area contributed by atoms with E-state index in [1.54, 1.807) is 45.3 Å².